The number of H-pyrrole nitrogens is 1. The Hall–Kier alpha value is -1.62. The van der Waals surface area contributed by atoms with Crippen molar-refractivity contribution in [3.05, 3.63) is 44.4 Å². The Balaban J connectivity index is 2.69. The van der Waals surface area contributed by atoms with E-state index in [0.29, 0.717) is 5.69 Å². The second-order valence-electron chi connectivity index (χ2n) is 2.86. The van der Waals surface area contributed by atoms with Crippen LogP contribution in [0.4, 0.5) is 0 Å². The van der Waals surface area contributed by atoms with Crippen molar-refractivity contribution >= 4 is 11.3 Å². The van der Waals surface area contributed by atoms with Gasteiger partial charge in [0.2, 0.25) is 0 Å². The molecule has 2 aromatic heterocycles. The summed E-state index contributed by atoms with van der Waals surface area (Å²) >= 11 is 1.48. The van der Waals surface area contributed by atoms with Crippen molar-refractivity contribution in [3.63, 3.8) is 0 Å². The number of hydrogen-bond donors (Lipinski definition) is 1. The summed E-state index contributed by atoms with van der Waals surface area (Å²) in [5.74, 6) is 0. The lowest BCUT2D eigenvalue weighted by Gasteiger charge is -1.98. The summed E-state index contributed by atoms with van der Waals surface area (Å²) < 4.78 is 1.04. The van der Waals surface area contributed by atoms with Crippen molar-refractivity contribution in [3.8, 4) is 10.6 Å². The van der Waals surface area contributed by atoms with Crippen LogP contribution in [0.2, 0.25) is 0 Å². The van der Waals surface area contributed by atoms with E-state index in [0.717, 1.165) is 9.44 Å². The highest BCUT2D eigenvalue weighted by molar-refractivity contribution is 7.13. The van der Waals surface area contributed by atoms with Gasteiger partial charge in [0.25, 0.3) is 5.56 Å². The predicted octanol–water partition coefficient (Wildman–Crippen LogP) is 0.802. The van der Waals surface area contributed by atoms with Crippen molar-refractivity contribution in [1.29, 1.82) is 0 Å². The van der Waals surface area contributed by atoms with Crippen molar-refractivity contribution < 1.29 is 0 Å². The van der Waals surface area contributed by atoms with Gasteiger partial charge in [0.1, 0.15) is 0 Å². The first-order chi connectivity index (χ1) is 6.68. The summed E-state index contributed by atoms with van der Waals surface area (Å²) in [6, 6.07) is 5.15. The quantitative estimate of drug-likeness (QED) is 0.753. The molecule has 0 amide bonds. The normalized spacial score (nSPS) is 10.4. The van der Waals surface area contributed by atoms with Gasteiger partial charge in [0.15, 0.2) is 0 Å². The topological polar surface area (TPSA) is 54.9 Å². The fourth-order valence-electron chi connectivity index (χ4n) is 1.12. The summed E-state index contributed by atoms with van der Waals surface area (Å²) in [6.45, 7) is 0. The fourth-order valence-corrected chi connectivity index (χ4v) is 1.82. The van der Waals surface area contributed by atoms with Crippen molar-refractivity contribution in [2.24, 2.45) is 7.05 Å². The molecule has 2 rings (SSSR count). The van der Waals surface area contributed by atoms with E-state index in [1.807, 2.05) is 17.5 Å². The molecule has 0 atom stereocenters. The standard InChI is InChI=1S/C9H8N2O2S/c1-11-8(12)5-6(10-9(11)13)7-3-2-4-14-7/h2-5H,1H3,(H,10,13). The van der Waals surface area contributed by atoms with E-state index in [-0.39, 0.29) is 11.2 Å². The van der Waals surface area contributed by atoms with Crippen LogP contribution in [0.1, 0.15) is 0 Å². The maximum absolute atomic E-state index is 11.3. The molecule has 0 unspecified atom stereocenters. The number of hydrogen-bond acceptors (Lipinski definition) is 3. The van der Waals surface area contributed by atoms with Gasteiger partial charge in [-0.25, -0.2) is 4.79 Å². The molecule has 0 radical (unpaired) electrons. The van der Waals surface area contributed by atoms with Gasteiger partial charge in [0.05, 0.1) is 10.6 Å². The zero-order valence-corrected chi connectivity index (χ0v) is 8.30. The number of nitrogens with one attached hydrogen (secondary N) is 1. The molecular weight excluding hydrogens is 200 g/mol. The van der Waals surface area contributed by atoms with Crippen LogP contribution in [0.25, 0.3) is 10.6 Å². The molecule has 14 heavy (non-hydrogen) atoms. The average molecular weight is 208 g/mol. The Labute approximate surface area is 83.5 Å². The minimum absolute atomic E-state index is 0.294. The van der Waals surface area contributed by atoms with Crippen LogP contribution < -0.4 is 11.2 Å². The SMILES string of the molecule is Cn1c(=O)cc(-c2cccs2)[nH]c1=O. The minimum atomic E-state index is -0.388. The first kappa shape index (κ1) is 8.96. The van der Waals surface area contributed by atoms with Crippen molar-refractivity contribution in [1.82, 2.24) is 9.55 Å². The first-order valence-electron chi connectivity index (χ1n) is 4.03. The molecule has 0 aliphatic heterocycles. The molecule has 0 bridgehead atoms. The molecule has 0 aliphatic carbocycles. The minimum Gasteiger partial charge on any atom is -0.306 e. The van der Waals surface area contributed by atoms with Crippen LogP contribution in [-0.2, 0) is 7.05 Å². The second kappa shape index (κ2) is 3.26. The van der Waals surface area contributed by atoms with Gasteiger partial charge in [-0.1, -0.05) is 6.07 Å². The van der Waals surface area contributed by atoms with E-state index in [2.05, 4.69) is 4.98 Å². The van der Waals surface area contributed by atoms with Gasteiger partial charge < -0.3 is 4.98 Å². The molecule has 0 saturated heterocycles. The second-order valence-corrected chi connectivity index (χ2v) is 3.81. The largest absolute Gasteiger partial charge is 0.328 e. The number of nitrogens with zero attached hydrogens (tertiary/aromatic N) is 1. The third-order valence-corrected chi connectivity index (χ3v) is 2.83. The van der Waals surface area contributed by atoms with E-state index >= 15 is 0 Å². The molecule has 0 fully saturated rings. The Morgan fingerprint density at radius 1 is 1.43 bits per heavy atom. The van der Waals surface area contributed by atoms with Gasteiger partial charge in [-0.2, -0.15) is 0 Å². The third kappa shape index (κ3) is 1.42. The Morgan fingerprint density at radius 2 is 2.21 bits per heavy atom. The number of thiophene rings is 1. The summed E-state index contributed by atoms with van der Waals surface area (Å²) in [6.07, 6.45) is 0. The van der Waals surface area contributed by atoms with E-state index in [1.165, 1.54) is 24.5 Å². The summed E-state index contributed by atoms with van der Waals surface area (Å²) in [5, 5.41) is 1.89. The smallest absolute Gasteiger partial charge is 0.306 e. The lowest BCUT2D eigenvalue weighted by atomic mass is 10.3. The molecule has 72 valence electrons. The predicted molar refractivity (Wildman–Crippen MR) is 55.6 cm³/mol. The van der Waals surface area contributed by atoms with Crippen LogP contribution in [0.15, 0.2) is 33.2 Å². The van der Waals surface area contributed by atoms with Gasteiger partial charge in [-0.15, -0.1) is 11.3 Å². The maximum Gasteiger partial charge on any atom is 0.328 e. The van der Waals surface area contributed by atoms with Gasteiger partial charge in [-0.3, -0.25) is 9.36 Å². The van der Waals surface area contributed by atoms with Crippen LogP contribution in [-0.4, -0.2) is 9.55 Å². The van der Waals surface area contributed by atoms with Gasteiger partial charge in [-0.05, 0) is 11.4 Å². The van der Waals surface area contributed by atoms with Crippen LogP contribution in [0.3, 0.4) is 0 Å². The van der Waals surface area contributed by atoms with Crippen LogP contribution in [0.5, 0.6) is 0 Å². The van der Waals surface area contributed by atoms with Gasteiger partial charge in [0, 0.05) is 13.1 Å². The molecule has 2 aromatic rings. The summed E-state index contributed by atoms with van der Waals surface area (Å²) in [5.41, 5.74) is -0.105. The maximum atomic E-state index is 11.3. The highest BCUT2D eigenvalue weighted by Crippen LogP contribution is 2.19. The summed E-state index contributed by atoms with van der Waals surface area (Å²) in [4.78, 5) is 26.1. The summed E-state index contributed by atoms with van der Waals surface area (Å²) in [7, 11) is 1.44. The average Bonchev–Trinajstić information content (AvgIpc) is 2.66. The Kier molecular flexibility index (Phi) is 2.09. The van der Waals surface area contributed by atoms with Crippen LogP contribution in [0, 0.1) is 0 Å². The van der Waals surface area contributed by atoms with E-state index < -0.39 is 0 Å². The molecular formula is C9H8N2O2S. The highest BCUT2D eigenvalue weighted by atomic mass is 32.1. The lowest BCUT2D eigenvalue weighted by Crippen LogP contribution is -2.31. The molecule has 0 aliphatic rings. The van der Waals surface area contributed by atoms with E-state index in [4.69, 9.17) is 0 Å². The zero-order chi connectivity index (χ0) is 10.1. The number of aromatic amines is 1. The zero-order valence-electron chi connectivity index (χ0n) is 7.48. The van der Waals surface area contributed by atoms with Crippen molar-refractivity contribution in [2.45, 2.75) is 0 Å². The first-order valence-corrected chi connectivity index (χ1v) is 4.90. The van der Waals surface area contributed by atoms with E-state index in [9.17, 15) is 9.59 Å². The van der Waals surface area contributed by atoms with Crippen LogP contribution >= 0.6 is 11.3 Å². The number of aromatic nitrogens is 2. The Morgan fingerprint density at radius 3 is 2.79 bits per heavy atom. The molecule has 2 heterocycles. The molecule has 0 spiro atoms. The molecule has 5 heteroatoms. The molecule has 1 N–H and O–H groups in total. The highest BCUT2D eigenvalue weighted by Gasteiger charge is 2.03. The fraction of sp³-hybridized carbons (Fsp3) is 0.111. The monoisotopic (exact) mass is 208 g/mol. The lowest BCUT2D eigenvalue weighted by molar-refractivity contribution is 0.778. The molecule has 0 saturated carbocycles. The molecule has 0 aromatic carbocycles. The molecule has 4 nitrogen and oxygen atoms in total. The van der Waals surface area contributed by atoms with Crippen molar-refractivity contribution in [2.75, 3.05) is 0 Å². The third-order valence-electron chi connectivity index (χ3n) is 1.93. The van der Waals surface area contributed by atoms with E-state index in [1.54, 1.807) is 0 Å². The van der Waals surface area contributed by atoms with Gasteiger partial charge >= 0.3 is 5.69 Å². The Bertz CT molecular complexity index is 520. The number of rotatable bonds is 1.